The first-order valence-electron chi connectivity index (χ1n) is 10.6. The Bertz CT molecular complexity index is 876. The monoisotopic (exact) mass is 450 g/mol. The standard InChI is InChI=1S/C23H28Cl2N2O3/c1-2-3-6-11-30-23-18(17-10-9-16(24)13-19(17)25)12-15(14-26-23)22(29)27-20-7-4-5-8-21(20)28/h9-10,12-14,20-21,28H,2-8,11H2,1H3,(H,27,29)/t20?,21-/m1/s1. The van der Waals surface area contributed by atoms with Crippen LogP contribution in [0.4, 0.5) is 0 Å². The van der Waals surface area contributed by atoms with E-state index >= 15 is 0 Å². The molecule has 1 saturated carbocycles. The van der Waals surface area contributed by atoms with Crippen LogP contribution in [0.15, 0.2) is 30.5 Å². The Morgan fingerprint density at radius 2 is 2.00 bits per heavy atom. The molecule has 0 bridgehead atoms. The van der Waals surface area contributed by atoms with Crippen molar-refractivity contribution in [2.24, 2.45) is 0 Å². The zero-order valence-corrected chi connectivity index (χ0v) is 18.7. The zero-order chi connectivity index (χ0) is 21.5. The summed E-state index contributed by atoms with van der Waals surface area (Å²) in [5, 5.41) is 14.1. The van der Waals surface area contributed by atoms with Crippen LogP contribution in [0, 0.1) is 0 Å². The minimum Gasteiger partial charge on any atom is -0.477 e. The van der Waals surface area contributed by atoms with Gasteiger partial charge >= 0.3 is 0 Å². The van der Waals surface area contributed by atoms with E-state index in [-0.39, 0.29) is 11.9 Å². The molecule has 0 aliphatic heterocycles. The van der Waals surface area contributed by atoms with Crippen LogP contribution in [0.25, 0.3) is 11.1 Å². The molecule has 0 saturated heterocycles. The maximum Gasteiger partial charge on any atom is 0.253 e. The van der Waals surface area contributed by atoms with Crippen LogP contribution < -0.4 is 10.1 Å². The summed E-state index contributed by atoms with van der Waals surface area (Å²) < 4.78 is 5.91. The van der Waals surface area contributed by atoms with Crippen molar-refractivity contribution in [1.82, 2.24) is 10.3 Å². The first-order valence-corrected chi connectivity index (χ1v) is 11.3. The number of ether oxygens (including phenoxy) is 1. The summed E-state index contributed by atoms with van der Waals surface area (Å²) >= 11 is 12.5. The molecule has 0 spiro atoms. The third-order valence-electron chi connectivity index (χ3n) is 5.37. The number of carbonyl (C=O) groups excluding carboxylic acids is 1. The lowest BCUT2D eigenvalue weighted by molar-refractivity contribution is 0.0717. The van der Waals surface area contributed by atoms with Crippen LogP contribution in [0.1, 0.15) is 62.2 Å². The van der Waals surface area contributed by atoms with E-state index < -0.39 is 6.10 Å². The summed E-state index contributed by atoms with van der Waals surface area (Å²) in [4.78, 5) is 17.2. The number of aliphatic hydroxyl groups is 1. The Labute approximate surface area is 187 Å². The summed E-state index contributed by atoms with van der Waals surface area (Å²) in [6.45, 7) is 2.67. The van der Waals surface area contributed by atoms with E-state index in [0.29, 0.717) is 45.6 Å². The minimum atomic E-state index is -0.512. The molecule has 3 rings (SSSR count). The quantitative estimate of drug-likeness (QED) is 0.509. The number of unbranched alkanes of at least 4 members (excludes halogenated alkanes) is 2. The van der Waals surface area contributed by atoms with Gasteiger partial charge in [0.25, 0.3) is 5.91 Å². The molecule has 162 valence electrons. The topological polar surface area (TPSA) is 71.5 Å². The average Bonchev–Trinajstić information content (AvgIpc) is 2.73. The molecule has 1 aliphatic rings. The Balaban J connectivity index is 1.87. The Hall–Kier alpha value is -1.82. The summed E-state index contributed by atoms with van der Waals surface area (Å²) in [5.41, 5.74) is 1.74. The molecule has 1 aliphatic carbocycles. The van der Waals surface area contributed by atoms with E-state index in [2.05, 4.69) is 17.2 Å². The molecule has 2 atom stereocenters. The van der Waals surface area contributed by atoms with Crippen LogP contribution in [0.2, 0.25) is 10.0 Å². The molecule has 1 amide bonds. The fraction of sp³-hybridized carbons (Fsp3) is 0.478. The normalized spacial score (nSPS) is 18.8. The molecule has 5 nitrogen and oxygen atoms in total. The van der Waals surface area contributed by atoms with Gasteiger partial charge in [-0.1, -0.05) is 61.9 Å². The van der Waals surface area contributed by atoms with Gasteiger partial charge in [0.2, 0.25) is 5.88 Å². The van der Waals surface area contributed by atoms with Gasteiger partial charge in [-0.2, -0.15) is 0 Å². The van der Waals surface area contributed by atoms with Crippen LogP contribution in [-0.2, 0) is 0 Å². The van der Waals surface area contributed by atoms with Gasteiger partial charge in [0.05, 0.1) is 29.3 Å². The smallest absolute Gasteiger partial charge is 0.253 e. The fourth-order valence-corrected chi connectivity index (χ4v) is 4.15. The van der Waals surface area contributed by atoms with E-state index in [9.17, 15) is 9.90 Å². The molecule has 0 radical (unpaired) electrons. The van der Waals surface area contributed by atoms with Gasteiger partial charge in [-0.05, 0) is 37.5 Å². The molecule has 7 heteroatoms. The molecule has 2 aromatic rings. The van der Waals surface area contributed by atoms with Gasteiger partial charge in [-0.3, -0.25) is 4.79 Å². The predicted molar refractivity (Wildman–Crippen MR) is 120 cm³/mol. The van der Waals surface area contributed by atoms with Gasteiger partial charge in [0.1, 0.15) is 0 Å². The maximum atomic E-state index is 12.8. The van der Waals surface area contributed by atoms with Crippen molar-refractivity contribution < 1.29 is 14.6 Å². The predicted octanol–water partition coefficient (Wildman–Crippen LogP) is 5.66. The van der Waals surface area contributed by atoms with Gasteiger partial charge in [0.15, 0.2) is 0 Å². The number of rotatable bonds is 8. The first kappa shape index (κ1) is 22.9. The third kappa shape index (κ3) is 5.87. The highest BCUT2D eigenvalue weighted by molar-refractivity contribution is 6.36. The largest absolute Gasteiger partial charge is 0.477 e. The van der Waals surface area contributed by atoms with Gasteiger partial charge in [0, 0.05) is 22.3 Å². The van der Waals surface area contributed by atoms with Crippen LogP contribution in [0.3, 0.4) is 0 Å². The molecule has 1 heterocycles. The van der Waals surface area contributed by atoms with Crippen LogP contribution in [-0.4, -0.2) is 34.8 Å². The SMILES string of the molecule is CCCCCOc1ncc(C(=O)NC2CCCC[C@H]2O)cc1-c1ccc(Cl)cc1Cl. The molecule has 1 unspecified atom stereocenters. The summed E-state index contributed by atoms with van der Waals surface area (Å²) in [6.07, 6.45) is 7.55. The number of benzene rings is 1. The number of aliphatic hydroxyl groups excluding tert-OH is 1. The van der Waals surface area contributed by atoms with Crippen molar-refractivity contribution in [1.29, 1.82) is 0 Å². The lowest BCUT2D eigenvalue weighted by atomic mass is 9.92. The van der Waals surface area contributed by atoms with Crippen molar-refractivity contribution in [3.8, 4) is 17.0 Å². The molecule has 1 aromatic carbocycles. The highest BCUT2D eigenvalue weighted by atomic mass is 35.5. The van der Waals surface area contributed by atoms with E-state index in [1.165, 1.54) is 6.20 Å². The van der Waals surface area contributed by atoms with E-state index in [1.54, 1.807) is 24.3 Å². The Morgan fingerprint density at radius 1 is 1.20 bits per heavy atom. The van der Waals surface area contributed by atoms with Crippen molar-refractivity contribution in [3.05, 3.63) is 46.1 Å². The van der Waals surface area contributed by atoms with Crippen molar-refractivity contribution in [2.45, 2.75) is 64.0 Å². The van der Waals surface area contributed by atoms with Gasteiger partial charge in [-0.25, -0.2) is 4.98 Å². The van der Waals surface area contributed by atoms with E-state index in [4.69, 9.17) is 27.9 Å². The second-order valence-corrected chi connectivity index (χ2v) is 8.53. The number of pyridine rings is 1. The molecule has 2 N–H and O–H groups in total. The molecule has 1 fully saturated rings. The van der Waals surface area contributed by atoms with Crippen molar-refractivity contribution >= 4 is 29.1 Å². The number of hydrogen-bond acceptors (Lipinski definition) is 4. The minimum absolute atomic E-state index is 0.237. The maximum absolute atomic E-state index is 12.8. The summed E-state index contributed by atoms with van der Waals surface area (Å²) in [6, 6.07) is 6.70. The number of nitrogens with zero attached hydrogens (tertiary/aromatic N) is 1. The summed E-state index contributed by atoms with van der Waals surface area (Å²) in [7, 11) is 0. The Kier molecular flexibility index (Phi) is 8.37. The van der Waals surface area contributed by atoms with Crippen LogP contribution >= 0.6 is 23.2 Å². The van der Waals surface area contributed by atoms with E-state index in [0.717, 1.165) is 38.5 Å². The zero-order valence-electron chi connectivity index (χ0n) is 17.2. The number of carbonyl (C=O) groups is 1. The number of amides is 1. The molecule has 1 aromatic heterocycles. The molecule has 30 heavy (non-hydrogen) atoms. The number of aromatic nitrogens is 1. The lowest BCUT2D eigenvalue weighted by Gasteiger charge is -2.28. The lowest BCUT2D eigenvalue weighted by Crippen LogP contribution is -2.45. The Morgan fingerprint density at radius 3 is 2.73 bits per heavy atom. The highest BCUT2D eigenvalue weighted by Crippen LogP contribution is 2.36. The number of hydrogen-bond donors (Lipinski definition) is 2. The molecular formula is C23H28Cl2N2O3. The number of halogens is 2. The average molecular weight is 451 g/mol. The second-order valence-electron chi connectivity index (χ2n) is 7.69. The van der Waals surface area contributed by atoms with Crippen LogP contribution in [0.5, 0.6) is 5.88 Å². The summed E-state index contributed by atoms with van der Waals surface area (Å²) in [5.74, 6) is 0.168. The second kappa shape index (κ2) is 11.0. The van der Waals surface area contributed by atoms with Crippen molar-refractivity contribution in [3.63, 3.8) is 0 Å². The number of nitrogens with one attached hydrogen (secondary N) is 1. The highest BCUT2D eigenvalue weighted by Gasteiger charge is 2.25. The third-order valence-corrected chi connectivity index (χ3v) is 5.92. The molecular weight excluding hydrogens is 423 g/mol. The van der Waals surface area contributed by atoms with Gasteiger partial charge < -0.3 is 15.2 Å². The van der Waals surface area contributed by atoms with E-state index in [1.807, 2.05) is 0 Å². The van der Waals surface area contributed by atoms with Gasteiger partial charge in [-0.15, -0.1) is 0 Å². The first-order chi connectivity index (χ1) is 14.5. The van der Waals surface area contributed by atoms with Crippen molar-refractivity contribution in [2.75, 3.05) is 6.61 Å². The fourth-order valence-electron chi connectivity index (χ4n) is 3.64.